The highest BCUT2D eigenvalue weighted by molar-refractivity contribution is 6.08. The van der Waals surface area contributed by atoms with Gasteiger partial charge in [-0.1, -0.05) is 6.07 Å². The summed E-state index contributed by atoms with van der Waals surface area (Å²) in [6, 6.07) is 10.5. The molecule has 3 aromatic rings. The molecule has 0 aliphatic carbocycles. The quantitative estimate of drug-likeness (QED) is 0.673. The second-order valence-corrected chi connectivity index (χ2v) is 7.56. The van der Waals surface area contributed by atoms with Gasteiger partial charge >= 0.3 is 0 Å². The molecular weight excluding hydrogens is 373 g/mol. The summed E-state index contributed by atoms with van der Waals surface area (Å²) in [4.78, 5) is 20.3. The van der Waals surface area contributed by atoms with Crippen LogP contribution in [0.15, 0.2) is 42.6 Å². The number of halogens is 1. The smallest absolute Gasteiger partial charge is 0.231 e. The van der Waals surface area contributed by atoms with Crippen molar-refractivity contribution in [2.24, 2.45) is 0 Å². The van der Waals surface area contributed by atoms with E-state index in [0.717, 1.165) is 49.7 Å². The van der Waals surface area contributed by atoms with Crippen LogP contribution in [0.25, 0.3) is 10.9 Å². The van der Waals surface area contributed by atoms with Crippen molar-refractivity contribution in [3.8, 4) is 11.5 Å². The zero-order valence-electron chi connectivity index (χ0n) is 16.0. The number of carbonyl (C=O) groups is 1. The summed E-state index contributed by atoms with van der Waals surface area (Å²) in [5.74, 6) is 1.30. The highest BCUT2D eigenvalue weighted by Crippen LogP contribution is 2.32. The number of carbonyl (C=O) groups excluding carboxylic acids is 1. The number of aromatic amines is 1. The van der Waals surface area contributed by atoms with Crippen LogP contribution in [-0.4, -0.2) is 60.1 Å². The van der Waals surface area contributed by atoms with Crippen molar-refractivity contribution < 1.29 is 18.7 Å². The predicted octanol–water partition coefficient (Wildman–Crippen LogP) is 3.04. The molecule has 1 aromatic heterocycles. The summed E-state index contributed by atoms with van der Waals surface area (Å²) in [5, 5.41) is 0.649. The van der Waals surface area contributed by atoms with Crippen LogP contribution in [0.4, 0.5) is 4.39 Å². The number of ether oxygens (including phenoxy) is 2. The third-order valence-corrected chi connectivity index (χ3v) is 5.62. The number of hydrogen-bond acceptors (Lipinski definition) is 5. The van der Waals surface area contributed by atoms with E-state index in [4.69, 9.17) is 9.47 Å². The van der Waals surface area contributed by atoms with Crippen LogP contribution in [0.3, 0.4) is 0 Å². The Hall–Kier alpha value is -2.90. The van der Waals surface area contributed by atoms with Gasteiger partial charge in [0, 0.05) is 55.4 Å². The lowest BCUT2D eigenvalue weighted by molar-refractivity contribution is 0.0845. The Balaban J connectivity index is 1.17. The van der Waals surface area contributed by atoms with Crippen molar-refractivity contribution in [3.63, 3.8) is 0 Å². The molecule has 29 heavy (non-hydrogen) atoms. The van der Waals surface area contributed by atoms with Crippen LogP contribution in [-0.2, 0) is 6.54 Å². The number of hydrogen-bond donors (Lipinski definition) is 1. The largest absolute Gasteiger partial charge is 0.454 e. The Bertz CT molecular complexity index is 1060. The molecule has 0 spiro atoms. The van der Waals surface area contributed by atoms with E-state index in [0.29, 0.717) is 17.5 Å². The number of benzene rings is 2. The van der Waals surface area contributed by atoms with Crippen LogP contribution >= 0.6 is 0 Å². The number of fused-ring (bicyclic) bond motifs is 2. The van der Waals surface area contributed by atoms with Crippen LogP contribution in [0, 0.1) is 5.82 Å². The molecule has 3 heterocycles. The molecule has 0 amide bonds. The summed E-state index contributed by atoms with van der Waals surface area (Å²) in [5.41, 5.74) is 2.53. The van der Waals surface area contributed by atoms with Crippen LogP contribution < -0.4 is 9.47 Å². The summed E-state index contributed by atoms with van der Waals surface area (Å²) >= 11 is 0. The van der Waals surface area contributed by atoms with Crippen molar-refractivity contribution in [3.05, 3.63) is 59.5 Å². The van der Waals surface area contributed by atoms with Gasteiger partial charge in [-0.3, -0.25) is 14.6 Å². The molecule has 0 saturated carbocycles. The summed E-state index contributed by atoms with van der Waals surface area (Å²) in [6.07, 6.45) is 1.68. The van der Waals surface area contributed by atoms with Gasteiger partial charge in [-0.15, -0.1) is 0 Å². The average molecular weight is 395 g/mol. The second-order valence-electron chi connectivity index (χ2n) is 7.56. The van der Waals surface area contributed by atoms with E-state index in [1.54, 1.807) is 12.3 Å². The topological polar surface area (TPSA) is 57.8 Å². The van der Waals surface area contributed by atoms with Crippen molar-refractivity contribution in [1.82, 2.24) is 14.8 Å². The Morgan fingerprint density at radius 3 is 2.66 bits per heavy atom. The SMILES string of the molecule is O=C(CN1CCN(Cc2ccc3c(c2)OCO3)CC1)c1c[nH]c2ccc(F)cc12. The van der Waals surface area contributed by atoms with Crippen LogP contribution in [0.2, 0.25) is 0 Å². The van der Waals surface area contributed by atoms with Gasteiger partial charge < -0.3 is 14.5 Å². The van der Waals surface area contributed by atoms with Gasteiger partial charge in [-0.2, -0.15) is 0 Å². The molecular formula is C22H22FN3O3. The fourth-order valence-electron chi connectivity index (χ4n) is 4.01. The number of ketones is 1. The second kappa shape index (κ2) is 7.50. The maximum absolute atomic E-state index is 13.6. The molecule has 0 atom stereocenters. The first-order valence-corrected chi connectivity index (χ1v) is 9.79. The molecule has 0 unspecified atom stereocenters. The number of nitrogens with zero attached hydrogens (tertiary/aromatic N) is 2. The van der Waals surface area contributed by atoms with Crippen molar-refractivity contribution >= 4 is 16.7 Å². The fraction of sp³-hybridized carbons (Fsp3) is 0.318. The molecule has 5 rings (SSSR count). The molecule has 7 heteroatoms. The average Bonchev–Trinajstić information content (AvgIpc) is 3.35. The Kier molecular flexibility index (Phi) is 4.69. The molecule has 1 N–H and O–H groups in total. The number of piperazine rings is 1. The molecule has 1 saturated heterocycles. The lowest BCUT2D eigenvalue weighted by Crippen LogP contribution is -2.47. The number of H-pyrrole nitrogens is 1. The Morgan fingerprint density at radius 1 is 1.00 bits per heavy atom. The Labute approximate surface area is 167 Å². The van der Waals surface area contributed by atoms with E-state index in [1.807, 2.05) is 12.1 Å². The third-order valence-electron chi connectivity index (χ3n) is 5.62. The summed E-state index contributed by atoms with van der Waals surface area (Å²) in [6.45, 7) is 4.92. The van der Waals surface area contributed by atoms with E-state index in [9.17, 15) is 9.18 Å². The summed E-state index contributed by atoms with van der Waals surface area (Å²) < 4.78 is 24.4. The molecule has 2 aliphatic rings. The molecule has 2 aliphatic heterocycles. The van der Waals surface area contributed by atoms with Gasteiger partial charge in [0.1, 0.15) is 5.82 Å². The lowest BCUT2D eigenvalue weighted by atomic mass is 10.1. The molecule has 150 valence electrons. The monoisotopic (exact) mass is 395 g/mol. The predicted molar refractivity (Wildman–Crippen MR) is 107 cm³/mol. The van der Waals surface area contributed by atoms with Gasteiger partial charge in [0.15, 0.2) is 17.3 Å². The first-order valence-electron chi connectivity index (χ1n) is 9.79. The van der Waals surface area contributed by atoms with Gasteiger partial charge in [-0.05, 0) is 35.9 Å². The van der Waals surface area contributed by atoms with Crippen LogP contribution in [0.1, 0.15) is 15.9 Å². The highest BCUT2D eigenvalue weighted by Gasteiger charge is 2.22. The van der Waals surface area contributed by atoms with Crippen LogP contribution in [0.5, 0.6) is 11.5 Å². The minimum atomic E-state index is -0.330. The zero-order valence-corrected chi connectivity index (χ0v) is 16.0. The molecule has 1 fully saturated rings. The first-order chi connectivity index (χ1) is 14.2. The first kappa shape index (κ1) is 18.1. The minimum Gasteiger partial charge on any atom is -0.454 e. The van der Waals surface area contributed by atoms with Gasteiger partial charge in [0.05, 0.1) is 6.54 Å². The number of nitrogens with one attached hydrogen (secondary N) is 1. The minimum absolute atomic E-state index is 0.0195. The van der Waals surface area contributed by atoms with Gasteiger partial charge in [0.25, 0.3) is 0 Å². The summed E-state index contributed by atoms with van der Waals surface area (Å²) in [7, 11) is 0. The van der Waals surface area contributed by atoms with Crippen molar-refractivity contribution in [2.45, 2.75) is 6.54 Å². The van der Waals surface area contributed by atoms with Gasteiger partial charge in [-0.25, -0.2) is 4.39 Å². The normalized spacial score (nSPS) is 17.1. The molecule has 0 radical (unpaired) electrons. The van der Waals surface area contributed by atoms with Crippen molar-refractivity contribution in [2.75, 3.05) is 39.5 Å². The maximum Gasteiger partial charge on any atom is 0.231 e. The highest BCUT2D eigenvalue weighted by atomic mass is 19.1. The molecule has 2 aromatic carbocycles. The van der Waals surface area contributed by atoms with Gasteiger partial charge in [0.2, 0.25) is 6.79 Å². The van der Waals surface area contributed by atoms with E-state index in [-0.39, 0.29) is 18.4 Å². The number of aromatic nitrogens is 1. The van der Waals surface area contributed by atoms with E-state index < -0.39 is 0 Å². The van der Waals surface area contributed by atoms with Crippen molar-refractivity contribution in [1.29, 1.82) is 0 Å². The zero-order chi connectivity index (χ0) is 19.8. The number of Topliss-reactive ketones (excluding diaryl/α,β-unsaturated/α-hetero) is 1. The Morgan fingerprint density at radius 2 is 1.79 bits per heavy atom. The van der Waals surface area contributed by atoms with E-state index >= 15 is 0 Å². The van der Waals surface area contributed by atoms with E-state index in [2.05, 4.69) is 20.9 Å². The van der Waals surface area contributed by atoms with E-state index in [1.165, 1.54) is 17.7 Å². The fourth-order valence-corrected chi connectivity index (χ4v) is 4.01. The number of rotatable bonds is 5. The molecule has 6 nitrogen and oxygen atoms in total. The third kappa shape index (κ3) is 3.71. The lowest BCUT2D eigenvalue weighted by Gasteiger charge is -2.34. The molecule has 0 bridgehead atoms. The standard InChI is InChI=1S/C22H22FN3O3/c23-16-2-3-19-17(10-16)18(11-24-19)20(27)13-26-7-5-25(6-8-26)12-15-1-4-21-22(9-15)29-14-28-21/h1-4,9-11,24H,5-8,12-14H2. The maximum atomic E-state index is 13.6.